The van der Waals surface area contributed by atoms with Crippen molar-refractivity contribution in [3.05, 3.63) is 24.9 Å². The minimum absolute atomic E-state index is 0.0261. The molecule has 8 heteroatoms. The molecule has 0 radical (unpaired) electrons. The Balaban J connectivity index is 2.41. The standard InChI is InChI=1S/C23H43FN2O3Si2/c1-12-23(16-27-30(8,9)21(2,3)4)19(29-31(10,11)22(5,6)7)17(24)18(28-23)20-25-14-13-15-26-20/h12-15,17-20,25H,1,16H2,2-11H3/t17-,18-,19-,20?,23+/m0/s1. The van der Waals surface area contributed by atoms with Crippen molar-refractivity contribution in [1.82, 2.24) is 5.32 Å². The number of nitrogens with one attached hydrogen (secondary N) is 1. The van der Waals surface area contributed by atoms with Crippen LogP contribution in [0.3, 0.4) is 0 Å². The smallest absolute Gasteiger partial charge is 0.192 e. The first kappa shape index (κ1) is 26.4. The fraction of sp³-hybridized carbons (Fsp3) is 0.783. The average molecular weight is 471 g/mol. The van der Waals surface area contributed by atoms with E-state index in [-0.39, 0.29) is 16.7 Å². The highest BCUT2D eigenvalue weighted by Crippen LogP contribution is 2.46. The molecule has 0 spiro atoms. The van der Waals surface area contributed by atoms with Crippen LogP contribution in [0.25, 0.3) is 0 Å². The van der Waals surface area contributed by atoms with Crippen molar-refractivity contribution in [3.63, 3.8) is 0 Å². The van der Waals surface area contributed by atoms with Crippen molar-refractivity contribution in [2.75, 3.05) is 6.61 Å². The number of ether oxygens (including phenoxy) is 1. The van der Waals surface area contributed by atoms with Gasteiger partial charge >= 0.3 is 0 Å². The molecule has 0 bridgehead atoms. The number of hydrogen-bond donors (Lipinski definition) is 1. The molecule has 0 saturated carbocycles. The van der Waals surface area contributed by atoms with Crippen LogP contribution in [-0.2, 0) is 13.6 Å². The van der Waals surface area contributed by atoms with E-state index >= 15 is 4.39 Å². The summed E-state index contributed by atoms with van der Waals surface area (Å²) < 4.78 is 35.6. The van der Waals surface area contributed by atoms with E-state index < -0.39 is 46.8 Å². The molecule has 1 saturated heterocycles. The highest BCUT2D eigenvalue weighted by Gasteiger charge is 2.60. The van der Waals surface area contributed by atoms with Gasteiger partial charge < -0.3 is 18.9 Å². The molecule has 1 unspecified atom stereocenters. The van der Waals surface area contributed by atoms with Gasteiger partial charge in [-0.25, -0.2) is 4.39 Å². The third-order valence-electron chi connectivity index (χ3n) is 7.49. The normalized spacial score (nSPS) is 32.2. The fourth-order valence-electron chi connectivity index (χ4n) is 3.14. The summed E-state index contributed by atoms with van der Waals surface area (Å²) in [6.45, 7) is 25.9. The predicted molar refractivity (Wildman–Crippen MR) is 132 cm³/mol. The van der Waals surface area contributed by atoms with Crippen LogP contribution in [0, 0.1) is 0 Å². The van der Waals surface area contributed by atoms with Crippen LogP contribution in [0.2, 0.25) is 36.3 Å². The van der Waals surface area contributed by atoms with Crippen molar-refractivity contribution in [3.8, 4) is 0 Å². The van der Waals surface area contributed by atoms with Gasteiger partial charge in [0, 0.05) is 6.21 Å². The van der Waals surface area contributed by atoms with E-state index in [4.69, 9.17) is 13.6 Å². The molecule has 31 heavy (non-hydrogen) atoms. The Kier molecular flexibility index (Phi) is 7.55. The largest absolute Gasteiger partial charge is 0.413 e. The van der Waals surface area contributed by atoms with E-state index in [2.05, 4.69) is 84.6 Å². The molecule has 0 aromatic rings. The summed E-state index contributed by atoms with van der Waals surface area (Å²) >= 11 is 0. The zero-order valence-corrected chi connectivity index (χ0v) is 23.1. The highest BCUT2D eigenvalue weighted by molar-refractivity contribution is 6.74. The zero-order valence-electron chi connectivity index (χ0n) is 21.1. The van der Waals surface area contributed by atoms with Gasteiger partial charge in [0.2, 0.25) is 0 Å². The van der Waals surface area contributed by atoms with Gasteiger partial charge in [0.25, 0.3) is 0 Å². The number of alkyl halides is 1. The fourth-order valence-corrected chi connectivity index (χ4v) is 5.47. The second-order valence-electron chi connectivity index (χ2n) is 11.8. The minimum Gasteiger partial charge on any atom is -0.413 e. The summed E-state index contributed by atoms with van der Waals surface area (Å²) in [6, 6.07) is 0. The third-order valence-corrected chi connectivity index (χ3v) is 16.4. The Morgan fingerprint density at radius 3 is 2.16 bits per heavy atom. The molecule has 2 rings (SSSR count). The Hall–Kier alpha value is -0.806. The van der Waals surface area contributed by atoms with Crippen LogP contribution in [0.15, 0.2) is 29.9 Å². The number of aliphatic imine (C=N–C) groups is 1. The second kappa shape index (κ2) is 8.85. The third kappa shape index (κ3) is 5.41. The van der Waals surface area contributed by atoms with Gasteiger partial charge in [0.1, 0.15) is 24.0 Å². The maximum absolute atomic E-state index is 16.0. The van der Waals surface area contributed by atoms with Gasteiger partial charge in [-0.05, 0) is 48.5 Å². The quantitative estimate of drug-likeness (QED) is 0.390. The van der Waals surface area contributed by atoms with Gasteiger partial charge in [-0.1, -0.05) is 47.6 Å². The average Bonchev–Trinajstić information content (AvgIpc) is 2.92. The molecule has 1 fully saturated rings. The van der Waals surface area contributed by atoms with Crippen molar-refractivity contribution >= 4 is 22.8 Å². The van der Waals surface area contributed by atoms with Gasteiger partial charge in [0.15, 0.2) is 22.8 Å². The Bertz CT molecular complexity index is 713. The number of hydrogen-bond acceptors (Lipinski definition) is 5. The maximum atomic E-state index is 16.0. The van der Waals surface area contributed by atoms with Gasteiger partial charge in [-0.2, -0.15) is 0 Å². The minimum atomic E-state index is -2.29. The molecule has 0 aliphatic carbocycles. The van der Waals surface area contributed by atoms with Crippen LogP contribution < -0.4 is 5.32 Å². The summed E-state index contributed by atoms with van der Waals surface area (Å²) in [5.41, 5.74) is -1.08. The van der Waals surface area contributed by atoms with E-state index in [0.717, 1.165) is 0 Å². The molecular weight excluding hydrogens is 427 g/mol. The lowest BCUT2D eigenvalue weighted by Crippen LogP contribution is -2.55. The van der Waals surface area contributed by atoms with Crippen LogP contribution in [0.5, 0.6) is 0 Å². The number of halogens is 1. The Morgan fingerprint density at radius 1 is 1.13 bits per heavy atom. The second-order valence-corrected chi connectivity index (χ2v) is 21.4. The summed E-state index contributed by atoms with van der Waals surface area (Å²) in [4.78, 5) is 4.39. The molecular formula is C23H43FN2O3Si2. The van der Waals surface area contributed by atoms with Crippen molar-refractivity contribution in [2.45, 2.75) is 108 Å². The van der Waals surface area contributed by atoms with Crippen LogP contribution in [0.4, 0.5) is 4.39 Å². The molecule has 178 valence electrons. The number of allylic oxidation sites excluding steroid dienone is 1. The SMILES string of the molecule is C=C[C@]1(CO[Si](C)(C)C(C)(C)C)O[C@H](C2N=CC=CN2)[C@H](F)[C@@H]1O[Si](C)(C)C(C)(C)C. The van der Waals surface area contributed by atoms with E-state index in [0.29, 0.717) is 0 Å². The number of nitrogens with zero attached hydrogens (tertiary/aromatic N) is 1. The topological polar surface area (TPSA) is 52.1 Å². The highest BCUT2D eigenvalue weighted by atomic mass is 28.4. The first-order valence-electron chi connectivity index (χ1n) is 11.2. The molecule has 5 atom stereocenters. The van der Waals surface area contributed by atoms with Gasteiger partial charge in [-0.3, -0.25) is 4.99 Å². The molecule has 1 N–H and O–H groups in total. The van der Waals surface area contributed by atoms with Crippen molar-refractivity contribution < 1.29 is 18.0 Å². The molecule has 0 aromatic heterocycles. The molecule has 2 aliphatic heterocycles. The van der Waals surface area contributed by atoms with Gasteiger partial charge in [-0.15, -0.1) is 6.58 Å². The molecule has 2 heterocycles. The van der Waals surface area contributed by atoms with Crippen molar-refractivity contribution in [2.24, 2.45) is 4.99 Å². The van der Waals surface area contributed by atoms with Crippen LogP contribution >= 0.6 is 0 Å². The summed E-state index contributed by atoms with van der Waals surface area (Å²) in [5, 5.41) is 3.07. The van der Waals surface area contributed by atoms with E-state index in [1.165, 1.54) is 0 Å². The van der Waals surface area contributed by atoms with Crippen LogP contribution in [0.1, 0.15) is 41.5 Å². The molecule has 0 amide bonds. The summed E-state index contributed by atoms with van der Waals surface area (Å²) in [5.74, 6) is 0. The Labute approximate surface area is 190 Å². The van der Waals surface area contributed by atoms with Crippen LogP contribution in [-0.4, -0.2) is 59.6 Å². The van der Waals surface area contributed by atoms with Gasteiger partial charge in [0.05, 0.1) is 6.61 Å². The monoisotopic (exact) mass is 470 g/mol. The summed E-state index contributed by atoms with van der Waals surface area (Å²) in [7, 11) is -4.39. The summed E-state index contributed by atoms with van der Waals surface area (Å²) in [6.07, 6.45) is 3.42. The molecule has 5 nitrogen and oxygen atoms in total. The van der Waals surface area contributed by atoms with Crippen molar-refractivity contribution in [1.29, 1.82) is 0 Å². The Morgan fingerprint density at radius 2 is 1.71 bits per heavy atom. The van der Waals surface area contributed by atoms with E-state index in [9.17, 15) is 0 Å². The first-order chi connectivity index (χ1) is 14.0. The number of rotatable bonds is 7. The first-order valence-corrected chi connectivity index (χ1v) is 17.0. The lowest BCUT2D eigenvalue weighted by Gasteiger charge is -2.44. The lowest BCUT2D eigenvalue weighted by atomic mass is 9.96. The molecule has 0 aromatic carbocycles. The van der Waals surface area contributed by atoms with E-state index in [1.54, 1.807) is 24.6 Å². The van der Waals surface area contributed by atoms with E-state index in [1.807, 2.05) is 0 Å². The lowest BCUT2D eigenvalue weighted by molar-refractivity contribution is -0.0776. The zero-order chi connectivity index (χ0) is 23.9. The molecule has 2 aliphatic rings. The maximum Gasteiger partial charge on any atom is 0.192 e. The predicted octanol–water partition coefficient (Wildman–Crippen LogP) is 5.57.